The van der Waals surface area contributed by atoms with Crippen molar-refractivity contribution in [3.05, 3.63) is 45.2 Å². The molecule has 0 spiro atoms. The van der Waals surface area contributed by atoms with Crippen molar-refractivity contribution in [2.24, 2.45) is 7.05 Å². The summed E-state index contributed by atoms with van der Waals surface area (Å²) < 4.78 is 1.60. The van der Waals surface area contributed by atoms with Crippen molar-refractivity contribution >= 4 is 22.5 Å². The maximum Gasteiger partial charge on any atom is 0.252 e. The summed E-state index contributed by atoms with van der Waals surface area (Å²) in [7, 11) is 1.75. The first-order valence-electron chi connectivity index (χ1n) is 4.35. The van der Waals surface area contributed by atoms with Gasteiger partial charge in [0, 0.05) is 18.5 Å². The number of fused-ring (bicyclic) bond motifs is 1. The molecule has 1 heterocycles. The van der Waals surface area contributed by atoms with E-state index in [1.807, 2.05) is 25.1 Å². The molecule has 0 saturated heterocycles. The molecule has 1 aromatic heterocycles. The summed E-state index contributed by atoms with van der Waals surface area (Å²) in [6.45, 7) is 2.00. The lowest BCUT2D eigenvalue weighted by Crippen LogP contribution is -2.15. The van der Waals surface area contributed by atoms with Crippen LogP contribution in [0, 0.1) is 6.92 Å². The van der Waals surface area contributed by atoms with E-state index in [4.69, 9.17) is 11.6 Å². The third-order valence-corrected chi connectivity index (χ3v) is 2.66. The fourth-order valence-electron chi connectivity index (χ4n) is 1.54. The van der Waals surface area contributed by atoms with Crippen LogP contribution in [-0.2, 0) is 7.05 Å². The van der Waals surface area contributed by atoms with Crippen LogP contribution in [0.2, 0.25) is 5.02 Å². The van der Waals surface area contributed by atoms with Crippen LogP contribution in [0.25, 0.3) is 10.9 Å². The zero-order valence-corrected chi connectivity index (χ0v) is 8.80. The molecule has 2 aromatic rings. The number of hydrogen-bond acceptors (Lipinski definition) is 1. The highest BCUT2D eigenvalue weighted by molar-refractivity contribution is 6.35. The van der Waals surface area contributed by atoms with Crippen LogP contribution in [0.4, 0.5) is 0 Å². The minimum atomic E-state index is -0.0775. The Balaban J connectivity index is 3.02. The largest absolute Gasteiger partial charge is 0.311 e. The zero-order valence-electron chi connectivity index (χ0n) is 8.04. The first kappa shape index (κ1) is 9.28. The number of benzene rings is 1. The number of halogens is 1. The predicted octanol–water partition coefficient (Wildman–Crippen LogP) is 2.50. The van der Waals surface area contributed by atoms with Crippen molar-refractivity contribution in [1.29, 1.82) is 0 Å². The summed E-state index contributed by atoms with van der Waals surface area (Å²) in [6, 6.07) is 7.32. The average Bonchev–Trinajstić information content (AvgIpc) is 2.14. The maximum atomic E-state index is 11.4. The van der Waals surface area contributed by atoms with E-state index in [2.05, 4.69) is 0 Å². The van der Waals surface area contributed by atoms with Gasteiger partial charge in [-0.25, -0.2) is 0 Å². The molecule has 0 N–H and O–H groups in total. The highest BCUT2D eigenvalue weighted by atomic mass is 35.5. The third kappa shape index (κ3) is 1.32. The monoisotopic (exact) mass is 207 g/mol. The van der Waals surface area contributed by atoms with Gasteiger partial charge >= 0.3 is 0 Å². The number of hydrogen-bond donors (Lipinski definition) is 0. The molecule has 0 amide bonds. The topological polar surface area (TPSA) is 22.0 Å². The van der Waals surface area contributed by atoms with Gasteiger partial charge in [0.05, 0.1) is 10.5 Å². The SMILES string of the molecule is Cc1ccc2c(c1)c(Cl)cc(=O)n2C. The van der Waals surface area contributed by atoms with Crippen LogP contribution in [0.15, 0.2) is 29.1 Å². The van der Waals surface area contributed by atoms with Crippen LogP contribution in [0.3, 0.4) is 0 Å². The van der Waals surface area contributed by atoms with Gasteiger partial charge in [-0.15, -0.1) is 0 Å². The number of nitrogens with zero attached hydrogens (tertiary/aromatic N) is 1. The molecular weight excluding hydrogens is 198 g/mol. The van der Waals surface area contributed by atoms with Crippen molar-refractivity contribution < 1.29 is 0 Å². The fourth-order valence-corrected chi connectivity index (χ4v) is 1.78. The van der Waals surface area contributed by atoms with Gasteiger partial charge in [-0.2, -0.15) is 0 Å². The van der Waals surface area contributed by atoms with Crippen LogP contribution in [-0.4, -0.2) is 4.57 Å². The second-order valence-electron chi connectivity index (χ2n) is 3.41. The summed E-state index contributed by atoms with van der Waals surface area (Å²) in [6.07, 6.45) is 0. The van der Waals surface area contributed by atoms with Gasteiger partial charge in [-0.05, 0) is 19.1 Å². The summed E-state index contributed by atoms with van der Waals surface area (Å²) >= 11 is 5.99. The van der Waals surface area contributed by atoms with E-state index in [1.165, 1.54) is 6.07 Å². The Labute approximate surface area is 86.7 Å². The molecule has 0 atom stereocenters. The maximum absolute atomic E-state index is 11.4. The van der Waals surface area contributed by atoms with Crippen molar-refractivity contribution in [3.8, 4) is 0 Å². The highest BCUT2D eigenvalue weighted by Crippen LogP contribution is 2.21. The Bertz CT molecular complexity index is 557. The summed E-state index contributed by atoms with van der Waals surface area (Å²) in [5, 5.41) is 1.44. The molecule has 0 fully saturated rings. The minimum Gasteiger partial charge on any atom is -0.311 e. The summed E-state index contributed by atoms with van der Waals surface area (Å²) in [4.78, 5) is 11.4. The van der Waals surface area contributed by atoms with Gasteiger partial charge in [0.25, 0.3) is 5.56 Å². The first-order chi connectivity index (χ1) is 6.59. The molecule has 2 rings (SSSR count). The van der Waals surface area contributed by atoms with E-state index < -0.39 is 0 Å². The molecule has 0 bridgehead atoms. The van der Waals surface area contributed by atoms with Crippen LogP contribution >= 0.6 is 11.6 Å². The molecule has 3 heteroatoms. The Kier molecular flexibility index (Phi) is 2.08. The Morgan fingerprint density at radius 1 is 1.29 bits per heavy atom. The second kappa shape index (κ2) is 3.14. The number of aryl methyl sites for hydroxylation is 2. The molecule has 0 radical (unpaired) electrons. The Morgan fingerprint density at radius 3 is 2.71 bits per heavy atom. The van der Waals surface area contributed by atoms with Gasteiger partial charge < -0.3 is 4.57 Å². The van der Waals surface area contributed by atoms with Crippen LogP contribution in [0.5, 0.6) is 0 Å². The quantitative estimate of drug-likeness (QED) is 0.651. The highest BCUT2D eigenvalue weighted by Gasteiger charge is 2.04. The van der Waals surface area contributed by atoms with Crippen molar-refractivity contribution in [1.82, 2.24) is 4.57 Å². The van der Waals surface area contributed by atoms with Crippen LogP contribution < -0.4 is 5.56 Å². The number of pyridine rings is 1. The average molecular weight is 208 g/mol. The van der Waals surface area contributed by atoms with E-state index in [1.54, 1.807) is 11.6 Å². The molecule has 0 saturated carbocycles. The first-order valence-corrected chi connectivity index (χ1v) is 4.73. The van der Waals surface area contributed by atoms with E-state index in [0.717, 1.165) is 16.5 Å². The van der Waals surface area contributed by atoms with E-state index in [9.17, 15) is 4.79 Å². The van der Waals surface area contributed by atoms with Gasteiger partial charge in [-0.1, -0.05) is 23.2 Å². The Morgan fingerprint density at radius 2 is 2.00 bits per heavy atom. The number of rotatable bonds is 0. The lowest BCUT2D eigenvalue weighted by atomic mass is 10.1. The van der Waals surface area contributed by atoms with Gasteiger partial charge in [-0.3, -0.25) is 4.79 Å². The zero-order chi connectivity index (χ0) is 10.3. The third-order valence-electron chi connectivity index (χ3n) is 2.35. The molecule has 2 nitrogen and oxygen atoms in total. The molecule has 0 aliphatic rings. The predicted molar refractivity (Wildman–Crippen MR) is 58.9 cm³/mol. The fraction of sp³-hybridized carbons (Fsp3) is 0.182. The van der Waals surface area contributed by atoms with E-state index in [0.29, 0.717) is 5.02 Å². The molecule has 14 heavy (non-hydrogen) atoms. The molecule has 0 unspecified atom stereocenters. The van der Waals surface area contributed by atoms with Crippen molar-refractivity contribution in [2.75, 3.05) is 0 Å². The Hall–Kier alpha value is -1.28. The van der Waals surface area contributed by atoms with E-state index in [-0.39, 0.29) is 5.56 Å². The van der Waals surface area contributed by atoms with E-state index >= 15 is 0 Å². The van der Waals surface area contributed by atoms with Gasteiger partial charge in [0.1, 0.15) is 0 Å². The minimum absolute atomic E-state index is 0.0775. The normalized spacial score (nSPS) is 10.8. The standard InChI is InChI=1S/C11H10ClNO/c1-7-3-4-10-8(5-7)9(12)6-11(14)13(10)2/h3-6H,1-2H3. The molecule has 72 valence electrons. The van der Waals surface area contributed by atoms with Crippen molar-refractivity contribution in [2.45, 2.75) is 6.92 Å². The lowest BCUT2D eigenvalue weighted by molar-refractivity contribution is 0.906. The van der Waals surface area contributed by atoms with Crippen LogP contribution in [0.1, 0.15) is 5.56 Å². The van der Waals surface area contributed by atoms with Crippen molar-refractivity contribution in [3.63, 3.8) is 0 Å². The summed E-state index contributed by atoms with van der Waals surface area (Å²) in [5.41, 5.74) is 1.93. The molecule has 0 aliphatic heterocycles. The van der Waals surface area contributed by atoms with Gasteiger partial charge in [0.2, 0.25) is 0 Å². The number of aromatic nitrogens is 1. The van der Waals surface area contributed by atoms with Gasteiger partial charge in [0.15, 0.2) is 0 Å². The summed E-state index contributed by atoms with van der Waals surface area (Å²) in [5.74, 6) is 0. The second-order valence-corrected chi connectivity index (χ2v) is 3.82. The molecular formula is C11H10ClNO. The lowest BCUT2D eigenvalue weighted by Gasteiger charge is -2.06. The smallest absolute Gasteiger partial charge is 0.252 e. The molecule has 1 aromatic carbocycles. The molecule has 0 aliphatic carbocycles.